The standard InChI is InChI=1S/C19H20F6N8O2S/c1-31-9-15(27-11-31)36(34,35)33-4-2-13(3-5-33)29-17-26-7-14(19(23,24)25)16(30-17)12-6-28-32(8-12)10-18(20,21)22/h6-9,11,13H,2-5,10H2,1H3,(H,26,29,30). The molecule has 4 rings (SSSR count). The van der Waals surface area contributed by atoms with Gasteiger partial charge in [0.2, 0.25) is 5.95 Å². The van der Waals surface area contributed by atoms with Crippen LogP contribution in [0.15, 0.2) is 36.1 Å². The topological polar surface area (TPSA) is 111 Å². The maximum absolute atomic E-state index is 13.5. The highest BCUT2D eigenvalue weighted by Gasteiger charge is 2.37. The van der Waals surface area contributed by atoms with Gasteiger partial charge in [0.05, 0.1) is 18.2 Å². The second-order valence-electron chi connectivity index (χ2n) is 8.20. The number of anilines is 1. The van der Waals surface area contributed by atoms with Gasteiger partial charge in [0.15, 0.2) is 5.03 Å². The fourth-order valence-corrected chi connectivity index (χ4v) is 5.15. The van der Waals surface area contributed by atoms with Crippen molar-refractivity contribution in [2.75, 3.05) is 18.4 Å². The maximum Gasteiger partial charge on any atom is 0.419 e. The minimum absolute atomic E-state index is 0.0850. The quantitative estimate of drug-likeness (QED) is 0.481. The number of sulfonamides is 1. The van der Waals surface area contributed by atoms with Crippen LogP contribution in [0.5, 0.6) is 0 Å². The van der Waals surface area contributed by atoms with E-state index in [0.29, 0.717) is 23.7 Å². The third-order valence-corrected chi connectivity index (χ3v) is 7.20. The zero-order chi connectivity index (χ0) is 26.3. The number of imidazole rings is 1. The predicted octanol–water partition coefficient (Wildman–Crippen LogP) is 2.92. The Morgan fingerprint density at radius 3 is 2.33 bits per heavy atom. The SMILES string of the molecule is Cn1cnc(S(=O)(=O)N2CCC(Nc3ncc(C(F)(F)F)c(-c4cnn(CC(F)(F)F)c4)n3)CC2)c1. The Labute approximate surface area is 201 Å². The molecule has 4 heterocycles. The van der Waals surface area contributed by atoms with Gasteiger partial charge in [-0.3, -0.25) is 4.68 Å². The largest absolute Gasteiger partial charge is 0.419 e. The molecule has 0 amide bonds. The van der Waals surface area contributed by atoms with Gasteiger partial charge < -0.3 is 9.88 Å². The van der Waals surface area contributed by atoms with E-state index < -0.39 is 40.2 Å². The van der Waals surface area contributed by atoms with Gasteiger partial charge in [-0.1, -0.05) is 0 Å². The molecule has 1 aliphatic heterocycles. The average molecular weight is 538 g/mol. The monoisotopic (exact) mass is 538 g/mol. The van der Waals surface area contributed by atoms with Gasteiger partial charge in [0.25, 0.3) is 10.0 Å². The fraction of sp³-hybridized carbons (Fsp3) is 0.474. The molecular weight excluding hydrogens is 518 g/mol. The smallest absolute Gasteiger partial charge is 0.351 e. The van der Waals surface area contributed by atoms with E-state index in [1.165, 1.54) is 21.4 Å². The average Bonchev–Trinajstić information content (AvgIpc) is 3.41. The van der Waals surface area contributed by atoms with Crippen LogP contribution in [0.3, 0.4) is 0 Å². The first-order chi connectivity index (χ1) is 16.7. The Kier molecular flexibility index (Phi) is 6.72. The number of aryl methyl sites for hydroxylation is 1. The summed E-state index contributed by atoms with van der Waals surface area (Å²) in [6.45, 7) is -1.20. The molecule has 17 heteroatoms. The van der Waals surface area contributed by atoms with Crippen molar-refractivity contribution in [3.05, 3.63) is 36.7 Å². The highest BCUT2D eigenvalue weighted by molar-refractivity contribution is 7.89. The molecule has 0 bridgehead atoms. The molecule has 3 aromatic rings. The molecule has 1 aliphatic rings. The van der Waals surface area contributed by atoms with E-state index in [9.17, 15) is 34.8 Å². The van der Waals surface area contributed by atoms with Gasteiger partial charge in [-0.2, -0.15) is 35.7 Å². The summed E-state index contributed by atoms with van der Waals surface area (Å²) in [5.41, 5.74) is -2.10. The van der Waals surface area contributed by atoms with Crippen LogP contribution in [-0.2, 0) is 29.8 Å². The first-order valence-electron chi connectivity index (χ1n) is 10.5. The summed E-state index contributed by atoms with van der Waals surface area (Å²) in [6.07, 6.45) is -3.83. The third kappa shape index (κ3) is 5.77. The van der Waals surface area contributed by atoms with Gasteiger partial charge in [0, 0.05) is 50.3 Å². The van der Waals surface area contributed by atoms with Crippen LogP contribution < -0.4 is 5.32 Å². The molecule has 0 aliphatic carbocycles. The number of aromatic nitrogens is 6. The maximum atomic E-state index is 13.5. The van der Waals surface area contributed by atoms with Gasteiger partial charge >= 0.3 is 12.4 Å². The van der Waals surface area contributed by atoms with E-state index in [1.54, 1.807) is 7.05 Å². The van der Waals surface area contributed by atoms with Crippen molar-refractivity contribution < 1.29 is 34.8 Å². The highest BCUT2D eigenvalue weighted by atomic mass is 32.2. The Morgan fingerprint density at radius 2 is 1.75 bits per heavy atom. The molecule has 1 N–H and O–H groups in total. The normalized spacial score (nSPS) is 16.4. The molecular formula is C19H20F6N8O2S. The van der Waals surface area contributed by atoms with Crippen molar-refractivity contribution in [2.45, 2.75) is 42.8 Å². The Balaban J connectivity index is 1.50. The van der Waals surface area contributed by atoms with Crippen LogP contribution in [0.1, 0.15) is 18.4 Å². The summed E-state index contributed by atoms with van der Waals surface area (Å²) in [5, 5.41) is 6.29. The van der Waals surface area contributed by atoms with Crippen molar-refractivity contribution >= 4 is 16.0 Å². The van der Waals surface area contributed by atoms with Crippen LogP contribution in [0.4, 0.5) is 32.3 Å². The number of alkyl halides is 6. The molecule has 196 valence electrons. The van der Waals surface area contributed by atoms with E-state index in [1.807, 2.05) is 0 Å². The lowest BCUT2D eigenvalue weighted by Gasteiger charge is -2.31. The van der Waals surface area contributed by atoms with E-state index in [0.717, 1.165) is 12.4 Å². The molecule has 36 heavy (non-hydrogen) atoms. The van der Waals surface area contributed by atoms with Crippen LogP contribution >= 0.6 is 0 Å². The summed E-state index contributed by atoms with van der Waals surface area (Å²) in [5.74, 6) is -0.174. The molecule has 0 atom stereocenters. The molecule has 1 fully saturated rings. The lowest BCUT2D eigenvalue weighted by atomic mass is 10.1. The summed E-state index contributed by atoms with van der Waals surface area (Å²) < 4.78 is 107. The third-order valence-electron chi connectivity index (χ3n) is 5.41. The van der Waals surface area contributed by atoms with Crippen LogP contribution in [-0.4, -0.2) is 67.3 Å². The molecule has 1 saturated heterocycles. The van der Waals surface area contributed by atoms with Gasteiger partial charge in [0.1, 0.15) is 12.1 Å². The number of piperidine rings is 1. The summed E-state index contributed by atoms with van der Waals surface area (Å²) in [6, 6.07) is -0.349. The molecule has 0 aromatic carbocycles. The van der Waals surface area contributed by atoms with Gasteiger partial charge in [-0.15, -0.1) is 0 Å². The van der Waals surface area contributed by atoms with Gasteiger partial charge in [-0.05, 0) is 12.8 Å². The Hall–Kier alpha value is -3.21. The first-order valence-corrected chi connectivity index (χ1v) is 11.9. The number of halogens is 6. The molecule has 0 radical (unpaired) electrons. The van der Waals surface area contributed by atoms with Gasteiger partial charge in [-0.25, -0.2) is 23.4 Å². The van der Waals surface area contributed by atoms with E-state index in [-0.39, 0.29) is 35.7 Å². The van der Waals surface area contributed by atoms with Crippen LogP contribution in [0, 0.1) is 0 Å². The van der Waals surface area contributed by atoms with E-state index in [4.69, 9.17) is 0 Å². The molecule has 3 aromatic heterocycles. The first kappa shape index (κ1) is 25.9. The minimum Gasteiger partial charge on any atom is -0.351 e. The molecule has 0 spiro atoms. The lowest BCUT2D eigenvalue weighted by molar-refractivity contribution is -0.142. The van der Waals surface area contributed by atoms with Crippen LogP contribution in [0.2, 0.25) is 0 Å². The summed E-state index contributed by atoms with van der Waals surface area (Å²) in [4.78, 5) is 11.5. The fourth-order valence-electron chi connectivity index (χ4n) is 3.71. The summed E-state index contributed by atoms with van der Waals surface area (Å²) in [7, 11) is -2.14. The number of hydrogen-bond donors (Lipinski definition) is 1. The van der Waals surface area contributed by atoms with Crippen molar-refractivity contribution in [1.82, 2.24) is 33.6 Å². The number of nitrogens with zero attached hydrogens (tertiary/aromatic N) is 7. The van der Waals surface area contributed by atoms with Crippen molar-refractivity contribution in [3.8, 4) is 11.3 Å². The second-order valence-corrected chi connectivity index (χ2v) is 10.1. The van der Waals surface area contributed by atoms with Crippen molar-refractivity contribution in [2.24, 2.45) is 7.05 Å². The van der Waals surface area contributed by atoms with Crippen LogP contribution in [0.25, 0.3) is 11.3 Å². The second kappa shape index (κ2) is 9.34. The zero-order valence-electron chi connectivity index (χ0n) is 18.6. The zero-order valence-corrected chi connectivity index (χ0v) is 19.4. The van der Waals surface area contributed by atoms with E-state index >= 15 is 0 Å². The minimum atomic E-state index is -4.86. The Morgan fingerprint density at radius 1 is 1.06 bits per heavy atom. The predicted molar refractivity (Wildman–Crippen MR) is 113 cm³/mol. The van der Waals surface area contributed by atoms with Crippen molar-refractivity contribution in [1.29, 1.82) is 0 Å². The molecule has 0 unspecified atom stereocenters. The number of nitrogens with one attached hydrogen (secondary N) is 1. The Bertz CT molecular complexity index is 1330. The van der Waals surface area contributed by atoms with E-state index in [2.05, 4.69) is 25.4 Å². The van der Waals surface area contributed by atoms with Crippen molar-refractivity contribution in [3.63, 3.8) is 0 Å². The number of rotatable bonds is 6. The molecule has 10 nitrogen and oxygen atoms in total. The molecule has 0 saturated carbocycles. The number of hydrogen-bond acceptors (Lipinski definition) is 7. The summed E-state index contributed by atoms with van der Waals surface area (Å²) >= 11 is 0. The highest BCUT2D eigenvalue weighted by Crippen LogP contribution is 2.36. The lowest BCUT2D eigenvalue weighted by Crippen LogP contribution is -2.42.